The van der Waals surface area contributed by atoms with Crippen molar-refractivity contribution in [3.05, 3.63) is 106 Å². The number of thioether (sulfide) groups is 1. The molecule has 6 heteroatoms. The van der Waals surface area contributed by atoms with E-state index in [1.807, 2.05) is 49.4 Å². The molecule has 0 radical (unpaired) electrons. The third kappa shape index (κ3) is 6.35. The number of carbonyl (C=O) groups is 2. The first-order valence-corrected chi connectivity index (χ1v) is 14.0. The molecule has 0 aliphatic carbocycles. The average Bonchev–Trinajstić information content (AvgIpc) is 3.23. The van der Waals surface area contributed by atoms with E-state index in [1.54, 1.807) is 11.0 Å². The zero-order valence-electron chi connectivity index (χ0n) is 22.2. The summed E-state index contributed by atoms with van der Waals surface area (Å²) in [7, 11) is 0. The molecule has 194 valence electrons. The lowest BCUT2D eigenvalue weighted by molar-refractivity contribution is -0.117. The summed E-state index contributed by atoms with van der Waals surface area (Å²) in [5, 5.41) is 12.8. The highest BCUT2D eigenvalue weighted by atomic mass is 32.2. The van der Waals surface area contributed by atoms with Crippen LogP contribution in [0.15, 0.2) is 83.4 Å². The summed E-state index contributed by atoms with van der Waals surface area (Å²) < 4.78 is 0. The van der Waals surface area contributed by atoms with Crippen LogP contribution in [0.2, 0.25) is 0 Å². The number of anilines is 2. The van der Waals surface area contributed by atoms with Crippen LogP contribution in [0.5, 0.6) is 0 Å². The van der Waals surface area contributed by atoms with Crippen molar-refractivity contribution in [2.24, 2.45) is 0 Å². The van der Waals surface area contributed by atoms with Gasteiger partial charge in [-0.1, -0.05) is 80.6 Å². The molecule has 1 fully saturated rings. The van der Waals surface area contributed by atoms with Crippen LogP contribution >= 0.6 is 11.8 Å². The maximum absolute atomic E-state index is 13.8. The van der Waals surface area contributed by atoms with Crippen LogP contribution in [0.1, 0.15) is 48.9 Å². The van der Waals surface area contributed by atoms with Crippen molar-refractivity contribution in [3.63, 3.8) is 0 Å². The molecule has 1 atom stereocenters. The van der Waals surface area contributed by atoms with E-state index in [9.17, 15) is 14.9 Å². The Labute approximate surface area is 229 Å². The SMILES string of the molecule is CCCCc1ccc(CC2S/C(=C(/C#N)C(=O)Nc3cccc(C)c3)N(c3ccc(CC)cc3)C2=O)cc1. The number of nitrogens with one attached hydrogen (secondary N) is 1. The fraction of sp³-hybridized carbons (Fsp3) is 0.281. The van der Waals surface area contributed by atoms with Crippen LogP contribution in [-0.2, 0) is 28.9 Å². The van der Waals surface area contributed by atoms with Crippen LogP contribution < -0.4 is 10.2 Å². The van der Waals surface area contributed by atoms with Crippen LogP contribution in [0.4, 0.5) is 11.4 Å². The number of hydrogen-bond acceptors (Lipinski definition) is 4. The average molecular weight is 524 g/mol. The number of unbranched alkanes of at least 4 members (excludes halogenated alkanes) is 1. The minimum atomic E-state index is -0.524. The molecule has 5 nitrogen and oxygen atoms in total. The van der Waals surface area contributed by atoms with Gasteiger partial charge in [-0.05, 0) is 79.1 Å². The molecule has 3 aromatic carbocycles. The standard InChI is InChI=1S/C32H33N3O2S/c1-4-6-9-24-11-13-25(14-12-24)20-29-31(37)35(27-17-15-23(5-2)16-18-27)32(38-29)28(21-33)30(36)34-26-10-7-8-22(3)19-26/h7-8,10-19,29H,4-6,9,20H2,1-3H3,(H,34,36)/b32-28-. The zero-order valence-corrected chi connectivity index (χ0v) is 23.0. The van der Waals surface area contributed by atoms with E-state index < -0.39 is 11.2 Å². The number of amides is 2. The molecule has 0 spiro atoms. The summed E-state index contributed by atoms with van der Waals surface area (Å²) in [6.07, 6.45) is 4.74. The molecule has 1 unspecified atom stereocenters. The highest BCUT2D eigenvalue weighted by Gasteiger charge is 2.40. The Morgan fingerprint density at radius 1 is 1.00 bits per heavy atom. The highest BCUT2D eigenvalue weighted by Crippen LogP contribution is 2.42. The van der Waals surface area contributed by atoms with E-state index in [-0.39, 0.29) is 11.5 Å². The fourth-order valence-electron chi connectivity index (χ4n) is 4.46. The quantitative estimate of drug-likeness (QED) is 0.243. The number of nitriles is 1. The first kappa shape index (κ1) is 27.2. The lowest BCUT2D eigenvalue weighted by Crippen LogP contribution is -2.31. The monoisotopic (exact) mass is 523 g/mol. The van der Waals surface area contributed by atoms with Crippen molar-refractivity contribution in [2.45, 2.75) is 58.1 Å². The summed E-state index contributed by atoms with van der Waals surface area (Å²) in [6, 6.07) is 25.6. The van der Waals surface area contributed by atoms with Gasteiger partial charge in [-0.3, -0.25) is 14.5 Å². The van der Waals surface area contributed by atoms with Crippen molar-refractivity contribution < 1.29 is 9.59 Å². The molecule has 1 aliphatic rings. The van der Waals surface area contributed by atoms with Gasteiger partial charge in [-0.25, -0.2) is 0 Å². The normalized spacial score (nSPS) is 16.3. The van der Waals surface area contributed by atoms with E-state index in [1.165, 1.54) is 17.3 Å². The Kier molecular flexibility index (Phi) is 9.04. The summed E-state index contributed by atoms with van der Waals surface area (Å²) in [6.45, 7) is 6.19. The molecule has 1 N–H and O–H groups in total. The second-order valence-electron chi connectivity index (χ2n) is 9.54. The Bertz CT molecular complexity index is 1370. The molecule has 1 saturated heterocycles. The zero-order chi connectivity index (χ0) is 27.1. The van der Waals surface area contributed by atoms with Crippen molar-refractivity contribution in [3.8, 4) is 6.07 Å². The number of benzene rings is 3. The van der Waals surface area contributed by atoms with Gasteiger partial charge in [0.2, 0.25) is 5.91 Å². The third-order valence-electron chi connectivity index (χ3n) is 6.65. The maximum Gasteiger partial charge on any atom is 0.269 e. The second-order valence-corrected chi connectivity index (χ2v) is 10.7. The first-order chi connectivity index (χ1) is 18.4. The molecule has 4 rings (SSSR count). The first-order valence-electron chi connectivity index (χ1n) is 13.1. The lowest BCUT2D eigenvalue weighted by atomic mass is 10.0. The van der Waals surface area contributed by atoms with E-state index in [0.29, 0.717) is 22.8 Å². The Morgan fingerprint density at radius 3 is 2.32 bits per heavy atom. The molecule has 1 heterocycles. The Morgan fingerprint density at radius 2 is 1.68 bits per heavy atom. The molecule has 38 heavy (non-hydrogen) atoms. The van der Waals surface area contributed by atoms with Crippen LogP contribution in [0.3, 0.4) is 0 Å². The van der Waals surface area contributed by atoms with Crippen LogP contribution in [-0.4, -0.2) is 17.1 Å². The molecule has 2 amide bonds. The molecular weight excluding hydrogens is 490 g/mol. The van der Waals surface area contributed by atoms with Crippen molar-refractivity contribution in [1.82, 2.24) is 0 Å². The van der Waals surface area contributed by atoms with Crippen molar-refractivity contribution >= 4 is 35.0 Å². The molecule has 0 saturated carbocycles. The number of carbonyl (C=O) groups excluding carboxylic acids is 2. The lowest BCUT2D eigenvalue weighted by Gasteiger charge is -2.19. The molecule has 1 aliphatic heterocycles. The van der Waals surface area contributed by atoms with E-state index in [4.69, 9.17) is 0 Å². The highest BCUT2D eigenvalue weighted by molar-refractivity contribution is 8.05. The maximum atomic E-state index is 13.8. The molecular formula is C32H33N3O2S. The van der Waals surface area contributed by atoms with Crippen LogP contribution in [0, 0.1) is 18.3 Å². The second kappa shape index (κ2) is 12.6. The number of aryl methyl sites for hydroxylation is 3. The number of rotatable bonds is 9. The fourth-order valence-corrected chi connectivity index (χ4v) is 5.76. The molecule has 3 aromatic rings. The van der Waals surface area contributed by atoms with E-state index in [0.717, 1.165) is 42.4 Å². The van der Waals surface area contributed by atoms with Gasteiger partial charge in [0, 0.05) is 11.4 Å². The minimum Gasteiger partial charge on any atom is -0.321 e. The van der Waals surface area contributed by atoms with Gasteiger partial charge >= 0.3 is 0 Å². The molecule has 0 aromatic heterocycles. The topological polar surface area (TPSA) is 73.2 Å². The number of nitrogens with zero attached hydrogens (tertiary/aromatic N) is 2. The van der Waals surface area contributed by atoms with Gasteiger partial charge in [0.25, 0.3) is 5.91 Å². The summed E-state index contributed by atoms with van der Waals surface area (Å²) >= 11 is 1.29. The van der Waals surface area contributed by atoms with E-state index >= 15 is 0 Å². The predicted octanol–water partition coefficient (Wildman–Crippen LogP) is 6.97. The minimum absolute atomic E-state index is 0.0677. The predicted molar refractivity (Wildman–Crippen MR) is 156 cm³/mol. The molecule has 0 bridgehead atoms. The van der Waals surface area contributed by atoms with Gasteiger partial charge in [-0.2, -0.15) is 5.26 Å². The van der Waals surface area contributed by atoms with Gasteiger partial charge in [-0.15, -0.1) is 0 Å². The summed E-state index contributed by atoms with van der Waals surface area (Å²) in [5.41, 5.74) is 5.69. The van der Waals surface area contributed by atoms with Crippen molar-refractivity contribution in [1.29, 1.82) is 5.26 Å². The summed E-state index contributed by atoms with van der Waals surface area (Å²) in [5.74, 6) is -0.648. The van der Waals surface area contributed by atoms with Gasteiger partial charge in [0.1, 0.15) is 16.7 Å². The van der Waals surface area contributed by atoms with Crippen molar-refractivity contribution in [2.75, 3.05) is 10.2 Å². The van der Waals surface area contributed by atoms with Crippen LogP contribution in [0.25, 0.3) is 0 Å². The largest absolute Gasteiger partial charge is 0.321 e. The Hall–Kier alpha value is -3.82. The van der Waals surface area contributed by atoms with Gasteiger partial charge < -0.3 is 5.32 Å². The van der Waals surface area contributed by atoms with E-state index in [2.05, 4.69) is 49.5 Å². The van der Waals surface area contributed by atoms with Gasteiger partial charge in [0.05, 0.1) is 5.25 Å². The summed E-state index contributed by atoms with van der Waals surface area (Å²) in [4.78, 5) is 28.6. The smallest absolute Gasteiger partial charge is 0.269 e. The Balaban J connectivity index is 1.66. The van der Waals surface area contributed by atoms with Gasteiger partial charge in [0.15, 0.2) is 0 Å². The third-order valence-corrected chi connectivity index (χ3v) is 7.91. The number of hydrogen-bond donors (Lipinski definition) is 1.